The third-order valence-electron chi connectivity index (χ3n) is 3.44. The standard InChI is InChI=1S/C14H18N2O6S.ClH/c1-21-13(17)9-5-10(14(18)22-2)7-12(6-9)23(19,20)16-11-3-4-15-8-11;/h5-7,11,15-16H,3-4,8H2,1-2H3;1H. The molecule has 0 saturated carbocycles. The lowest BCUT2D eigenvalue weighted by atomic mass is 10.1. The van der Waals surface area contributed by atoms with Gasteiger partial charge in [0.2, 0.25) is 10.0 Å². The maximum Gasteiger partial charge on any atom is 0.337 e. The second-order valence-electron chi connectivity index (χ2n) is 5.04. The van der Waals surface area contributed by atoms with Gasteiger partial charge in [0.1, 0.15) is 0 Å². The maximum absolute atomic E-state index is 12.5. The number of rotatable bonds is 5. The van der Waals surface area contributed by atoms with Crippen LogP contribution in [0.1, 0.15) is 27.1 Å². The van der Waals surface area contributed by atoms with E-state index in [2.05, 4.69) is 19.5 Å². The molecule has 0 amide bonds. The predicted octanol–water partition coefficient (Wildman–Crippen LogP) is 0.322. The molecule has 2 rings (SSSR count). The summed E-state index contributed by atoms with van der Waals surface area (Å²) in [6, 6.07) is 3.34. The van der Waals surface area contributed by atoms with E-state index in [1.807, 2.05) is 0 Å². The Kier molecular flexibility index (Phi) is 7.15. The summed E-state index contributed by atoms with van der Waals surface area (Å²) in [6.07, 6.45) is 0.666. The molecule has 1 aromatic rings. The largest absolute Gasteiger partial charge is 0.465 e. The number of hydrogen-bond acceptors (Lipinski definition) is 7. The first-order chi connectivity index (χ1) is 10.9. The topological polar surface area (TPSA) is 111 Å². The Labute approximate surface area is 146 Å². The molecule has 1 aromatic carbocycles. The summed E-state index contributed by atoms with van der Waals surface area (Å²) >= 11 is 0. The van der Waals surface area contributed by atoms with Gasteiger partial charge in [-0.2, -0.15) is 0 Å². The Balaban J connectivity index is 0.00000288. The van der Waals surface area contributed by atoms with E-state index >= 15 is 0 Å². The van der Waals surface area contributed by atoms with Crippen molar-refractivity contribution in [2.75, 3.05) is 27.3 Å². The molecule has 10 heteroatoms. The second-order valence-corrected chi connectivity index (χ2v) is 6.75. The van der Waals surface area contributed by atoms with Crippen LogP contribution in [0.5, 0.6) is 0 Å². The van der Waals surface area contributed by atoms with Crippen LogP contribution >= 0.6 is 12.4 Å². The van der Waals surface area contributed by atoms with Crippen LogP contribution in [0.3, 0.4) is 0 Å². The highest BCUT2D eigenvalue weighted by Gasteiger charge is 2.25. The minimum absolute atomic E-state index is 0. The first-order valence-corrected chi connectivity index (χ1v) is 8.40. The zero-order chi connectivity index (χ0) is 17.0. The molecule has 1 aliphatic rings. The van der Waals surface area contributed by atoms with Crippen LogP contribution in [0.2, 0.25) is 0 Å². The molecule has 1 saturated heterocycles. The number of ether oxygens (including phenoxy) is 2. The maximum atomic E-state index is 12.5. The Bertz CT molecular complexity index is 682. The van der Waals surface area contributed by atoms with Gasteiger partial charge in [0.25, 0.3) is 0 Å². The predicted molar refractivity (Wildman–Crippen MR) is 88.0 cm³/mol. The van der Waals surface area contributed by atoms with E-state index in [0.717, 1.165) is 6.54 Å². The van der Waals surface area contributed by atoms with E-state index in [-0.39, 0.29) is 34.5 Å². The molecule has 1 aliphatic heterocycles. The third-order valence-corrected chi connectivity index (χ3v) is 4.94. The molecule has 1 heterocycles. The SMILES string of the molecule is COC(=O)c1cc(C(=O)OC)cc(S(=O)(=O)NC2CCNC2)c1.Cl. The number of halogens is 1. The summed E-state index contributed by atoms with van der Waals surface area (Å²) in [6.45, 7) is 1.25. The Hall–Kier alpha value is -1.68. The smallest absolute Gasteiger partial charge is 0.337 e. The van der Waals surface area contributed by atoms with Crippen molar-refractivity contribution >= 4 is 34.4 Å². The molecule has 0 bridgehead atoms. The third kappa shape index (κ3) is 4.67. The van der Waals surface area contributed by atoms with Crippen LogP contribution in [0.25, 0.3) is 0 Å². The zero-order valence-corrected chi connectivity index (χ0v) is 14.8. The molecule has 8 nitrogen and oxygen atoms in total. The summed E-state index contributed by atoms with van der Waals surface area (Å²) in [5.74, 6) is -1.48. The number of nitrogens with one attached hydrogen (secondary N) is 2. The quantitative estimate of drug-likeness (QED) is 0.710. The average Bonchev–Trinajstić information content (AvgIpc) is 3.05. The molecular formula is C14H19ClN2O6S. The van der Waals surface area contributed by atoms with Gasteiger partial charge in [-0.15, -0.1) is 12.4 Å². The van der Waals surface area contributed by atoms with Crippen molar-refractivity contribution in [3.63, 3.8) is 0 Å². The highest BCUT2D eigenvalue weighted by atomic mass is 35.5. The van der Waals surface area contributed by atoms with Gasteiger partial charge < -0.3 is 14.8 Å². The first kappa shape index (κ1) is 20.4. The molecular weight excluding hydrogens is 360 g/mol. The van der Waals surface area contributed by atoms with Crippen molar-refractivity contribution in [3.05, 3.63) is 29.3 Å². The van der Waals surface area contributed by atoms with Crippen LogP contribution in [0, 0.1) is 0 Å². The van der Waals surface area contributed by atoms with E-state index in [0.29, 0.717) is 13.0 Å². The van der Waals surface area contributed by atoms with Gasteiger partial charge >= 0.3 is 11.9 Å². The van der Waals surface area contributed by atoms with Crippen LogP contribution in [-0.4, -0.2) is 53.7 Å². The minimum atomic E-state index is -3.88. The Morgan fingerprint density at radius 1 is 1.12 bits per heavy atom. The lowest BCUT2D eigenvalue weighted by Crippen LogP contribution is -2.36. The monoisotopic (exact) mass is 378 g/mol. The van der Waals surface area contributed by atoms with Crippen LogP contribution in [0.15, 0.2) is 23.1 Å². The number of sulfonamides is 1. The molecule has 0 radical (unpaired) electrons. The van der Waals surface area contributed by atoms with Crippen molar-refractivity contribution in [2.24, 2.45) is 0 Å². The first-order valence-electron chi connectivity index (χ1n) is 6.92. The molecule has 1 unspecified atom stereocenters. The van der Waals surface area contributed by atoms with Crippen molar-refractivity contribution in [1.82, 2.24) is 10.0 Å². The molecule has 0 spiro atoms. The fraction of sp³-hybridized carbons (Fsp3) is 0.429. The van der Waals surface area contributed by atoms with Crippen LogP contribution in [-0.2, 0) is 19.5 Å². The molecule has 0 aromatic heterocycles. The average molecular weight is 379 g/mol. The van der Waals surface area contributed by atoms with Crippen molar-refractivity contribution < 1.29 is 27.5 Å². The summed E-state index contributed by atoms with van der Waals surface area (Å²) in [7, 11) is -1.54. The van der Waals surface area contributed by atoms with Crippen molar-refractivity contribution in [1.29, 1.82) is 0 Å². The number of carbonyl (C=O) groups excluding carboxylic acids is 2. The number of esters is 2. The Morgan fingerprint density at radius 2 is 1.67 bits per heavy atom. The Morgan fingerprint density at radius 3 is 2.08 bits per heavy atom. The van der Waals surface area contributed by atoms with Gasteiger partial charge in [0.15, 0.2) is 0 Å². The van der Waals surface area contributed by atoms with Gasteiger partial charge in [-0.25, -0.2) is 22.7 Å². The minimum Gasteiger partial charge on any atom is -0.465 e. The molecule has 1 atom stereocenters. The van der Waals surface area contributed by atoms with E-state index in [4.69, 9.17) is 0 Å². The van der Waals surface area contributed by atoms with Gasteiger partial charge in [-0.1, -0.05) is 0 Å². The summed E-state index contributed by atoms with van der Waals surface area (Å²) in [5, 5.41) is 3.05. The molecule has 0 aliphatic carbocycles. The summed E-state index contributed by atoms with van der Waals surface area (Å²) < 4.78 is 36.7. The lowest BCUT2D eigenvalue weighted by molar-refractivity contribution is 0.0598. The number of methoxy groups -OCH3 is 2. The number of hydrogen-bond donors (Lipinski definition) is 2. The molecule has 134 valence electrons. The van der Waals surface area contributed by atoms with Gasteiger partial charge in [-0.05, 0) is 31.2 Å². The van der Waals surface area contributed by atoms with E-state index < -0.39 is 22.0 Å². The summed E-state index contributed by atoms with van der Waals surface area (Å²) in [5.41, 5.74) is -0.0827. The van der Waals surface area contributed by atoms with Crippen LogP contribution in [0.4, 0.5) is 0 Å². The molecule has 2 N–H and O–H groups in total. The van der Waals surface area contributed by atoms with Gasteiger partial charge in [-0.3, -0.25) is 0 Å². The van der Waals surface area contributed by atoms with Gasteiger partial charge in [0.05, 0.1) is 30.2 Å². The molecule has 24 heavy (non-hydrogen) atoms. The molecule has 1 fully saturated rings. The van der Waals surface area contributed by atoms with Gasteiger partial charge in [0, 0.05) is 12.6 Å². The highest BCUT2D eigenvalue weighted by Crippen LogP contribution is 2.18. The van der Waals surface area contributed by atoms with E-state index in [1.54, 1.807) is 0 Å². The van der Waals surface area contributed by atoms with Crippen LogP contribution < -0.4 is 10.0 Å². The van der Waals surface area contributed by atoms with E-state index in [1.165, 1.54) is 32.4 Å². The van der Waals surface area contributed by atoms with E-state index in [9.17, 15) is 18.0 Å². The second kappa shape index (κ2) is 8.43. The fourth-order valence-electron chi connectivity index (χ4n) is 2.27. The highest BCUT2D eigenvalue weighted by molar-refractivity contribution is 7.89. The van der Waals surface area contributed by atoms with Crippen molar-refractivity contribution in [3.8, 4) is 0 Å². The zero-order valence-electron chi connectivity index (χ0n) is 13.2. The number of carbonyl (C=O) groups is 2. The number of benzene rings is 1. The van der Waals surface area contributed by atoms with Crippen molar-refractivity contribution in [2.45, 2.75) is 17.4 Å². The lowest BCUT2D eigenvalue weighted by Gasteiger charge is -2.13. The normalized spacial score (nSPS) is 17.0. The summed E-state index contributed by atoms with van der Waals surface area (Å²) in [4.78, 5) is 23.2. The fourth-order valence-corrected chi connectivity index (χ4v) is 3.61.